The Balaban J connectivity index is 1.67. The highest BCUT2D eigenvalue weighted by Crippen LogP contribution is 2.28. The summed E-state index contributed by atoms with van der Waals surface area (Å²) in [5.41, 5.74) is 1.64. The van der Waals surface area contributed by atoms with Gasteiger partial charge in [-0.15, -0.1) is 0 Å². The van der Waals surface area contributed by atoms with Gasteiger partial charge >= 0.3 is 5.69 Å². The molecule has 3 heterocycles. The average molecular weight is 342 g/mol. The van der Waals surface area contributed by atoms with E-state index in [4.69, 9.17) is 0 Å². The van der Waals surface area contributed by atoms with Gasteiger partial charge in [-0.1, -0.05) is 0 Å². The second-order valence-corrected chi connectivity index (χ2v) is 6.40. The van der Waals surface area contributed by atoms with Gasteiger partial charge in [0, 0.05) is 42.7 Å². The van der Waals surface area contributed by atoms with E-state index in [1.807, 2.05) is 19.9 Å². The Kier molecular flexibility index (Phi) is 4.78. The molecular weight excluding hydrogens is 320 g/mol. The largest absolute Gasteiger partial charge is 0.361 e. The lowest BCUT2D eigenvalue weighted by molar-refractivity contribution is -0.384. The summed E-state index contributed by atoms with van der Waals surface area (Å²) in [7, 11) is 0. The Bertz CT molecular complexity index is 766. The molecule has 8 heteroatoms. The number of nitro groups is 1. The van der Waals surface area contributed by atoms with Crippen molar-refractivity contribution in [2.24, 2.45) is 0 Å². The number of anilines is 2. The molecular formula is C17H22N6O2. The van der Waals surface area contributed by atoms with Gasteiger partial charge in [0.15, 0.2) is 0 Å². The summed E-state index contributed by atoms with van der Waals surface area (Å²) in [6, 6.07) is 3.81. The number of hydrogen-bond acceptors (Lipinski definition) is 7. The first-order valence-corrected chi connectivity index (χ1v) is 8.38. The second kappa shape index (κ2) is 7.00. The lowest BCUT2D eigenvalue weighted by Crippen LogP contribution is -2.40. The minimum Gasteiger partial charge on any atom is -0.361 e. The van der Waals surface area contributed by atoms with Crippen LogP contribution in [0.3, 0.4) is 0 Å². The van der Waals surface area contributed by atoms with Crippen molar-refractivity contribution in [3.05, 3.63) is 45.5 Å². The zero-order chi connectivity index (χ0) is 18.0. The third-order valence-electron chi connectivity index (χ3n) is 4.42. The van der Waals surface area contributed by atoms with Crippen LogP contribution in [0.4, 0.5) is 17.3 Å². The van der Waals surface area contributed by atoms with Crippen molar-refractivity contribution < 1.29 is 4.92 Å². The van der Waals surface area contributed by atoms with Crippen molar-refractivity contribution >= 4 is 17.3 Å². The van der Waals surface area contributed by atoms with Crippen LogP contribution in [0.1, 0.15) is 29.9 Å². The van der Waals surface area contributed by atoms with Crippen LogP contribution < -0.4 is 10.2 Å². The summed E-state index contributed by atoms with van der Waals surface area (Å²) < 4.78 is 0. The second-order valence-electron chi connectivity index (χ2n) is 6.40. The van der Waals surface area contributed by atoms with E-state index in [2.05, 4.69) is 25.2 Å². The fraction of sp³-hybridized carbons (Fsp3) is 0.471. The molecule has 1 fully saturated rings. The lowest BCUT2D eigenvalue weighted by Gasteiger charge is -2.33. The molecule has 1 aliphatic heterocycles. The molecule has 1 aliphatic rings. The molecule has 0 aromatic carbocycles. The summed E-state index contributed by atoms with van der Waals surface area (Å²) in [6.45, 7) is 7.27. The predicted molar refractivity (Wildman–Crippen MR) is 96.0 cm³/mol. The highest BCUT2D eigenvalue weighted by molar-refractivity contribution is 5.60. The molecule has 2 aromatic rings. The molecule has 3 rings (SSSR count). The van der Waals surface area contributed by atoms with Crippen LogP contribution in [0.5, 0.6) is 0 Å². The molecule has 0 radical (unpaired) electrons. The van der Waals surface area contributed by atoms with Crippen LogP contribution in [0, 0.1) is 30.9 Å². The van der Waals surface area contributed by atoms with Gasteiger partial charge in [-0.25, -0.2) is 15.0 Å². The zero-order valence-corrected chi connectivity index (χ0v) is 14.7. The van der Waals surface area contributed by atoms with Crippen molar-refractivity contribution in [3.63, 3.8) is 0 Å². The Hall–Kier alpha value is -2.77. The van der Waals surface area contributed by atoms with Gasteiger partial charge < -0.3 is 10.2 Å². The molecule has 1 N–H and O–H groups in total. The molecule has 132 valence electrons. The molecule has 0 spiro atoms. The molecule has 0 unspecified atom stereocenters. The van der Waals surface area contributed by atoms with E-state index >= 15 is 0 Å². The van der Waals surface area contributed by atoms with E-state index in [-0.39, 0.29) is 16.7 Å². The third-order valence-corrected chi connectivity index (χ3v) is 4.42. The Morgan fingerprint density at radius 1 is 1.24 bits per heavy atom. The highest BCUT2D eigenvalue weighted by Gasteiger charge is 2.25. The molecule has 0 aliphatic carbocycles. The molecule has 25 heavy (non-hydrogen) atoms. The Morgan fingerprint density at radius 3 is 2.60 bits per heavy atom. The number of hydrogen-bond donors (Lipinski definition) is 1. The topological polar surface area (TPSA) is 97.1 Å². The van der Waals surface area contributed by atoms with Crippen LogP contribution in [-0.2, 0) is 0 Å². The van der Waals surface area contributed by atoms with Crippen molar-refractivity contribution in [1.29, 1.82) is 0 Å². The molecule has 0 amide bonds. The minimum atomic E-state index is -0.369. The molecule has 2 aromatic heterocycles. The summed E-state index contributed by atoms with van der Waals surface area (Å²) in [6.07, 6.45) is 3.34. The molecule has 1 saturated heterocycles. The van der Waals surface area contributed by atoms with Crippen molar-refractivity contribution in [3.8, 4) is 0 Å². The smallest absolute Gasteiger partial charge is 0.314 e. The lowest BCUT2D eigenvalue weighted by atomic mass is 10.0. The van der Waals surface area contributed by atoms with Crippen molar-refractivity contribution in [2.75, 3.05) is 23.3 Å². The van der Waals surface area contributed by atoms with Crippen molar-refractivity contribution in [2.45, 2.75) is 39.7 Å². The summed E-state index contributed by atoms with van der Waals surface area (Å²) >= 11 is 0. The average Bonchev–Trinajstić information content (AvgIpc) is 2.54. The predicted octanol–water partition coefficient (Wildman–Crippen LogP) is 2.79. The maximum absolute atomic E-state index is 11.3. The fourth-order valence-corrected chi connectivity index (χ4v) is 3.19. The minimum absolute atomic E-state index is 0.0620. The van der Waals surface area contributed by atoms with Gasteiger partial charge in [0.2, 0.25) is 5.82 Å². The highest BCUT2D eigenvalue weighted by atomic mass is 16.6. The Morgan fingerprint density at radius 2 is 1.96 bits per heavy atom. The maximum atomic E-state index is 11.3. The molecule has 0 saturated carbocycles. The number of rotatable bonds is 4. The normalized spacial score (nSPS) is 15.2. The molecule has 8 nitrogen and oxygen atoms in total. The molecule has 0 atom stereocenters. The number of piperidine rings is 1. The standard InChI is InChI=1S/C17H22N6O2/c1-11-4-7-18-17(16(11)23(24)25)21-14-5-8-22(9-6-14)15-10-12(2)19-13(3)20-15/h4,7,10,14H,5-6,8-9H2,1-3H3,(H,18,21). The van der Waals surface area contributed by atoms with Gasteiger partial charge in [-0.3, -0.25) is 10.1 Å². The first-order valence-electron chi connectivity index (χ1n) is 8.38. The third kappa shape index (κ3) is 3.84. The number of pyridine rings is 1. The number of aromatic nitrogens is 3. The van der Waals surface area contributed by atoms with Gasteiger partial charge in [-0.2, -0.15) is 0 Å². The van der Waals surface area contributed by atoms with Gasteiger partial charge in [0.25, 0.3) is 0 Å². The summed E-state index contributed by atoms with van der Waals surface area (Å²) in [4.78, 5) is 26.1. The number of aryl methyl sites for hydroxylation is 3. The zero-order valence-electron chi connectivity index (χ0n) is 14.7. The fourth-order valence-electron chi connectivity index (χ4n) is 3.19. The van der Waals surface area contributed by atoms with Gasteiger partial charge in [0.05, 0.1) is 4.92 Å². The van der Waals surface area contributed by atoms with Crippen LogP contribution in [-0.4, -0.2) is 39.0 Å². The van der Waals surface area contributed by atoms with Gasteiger partial charge in [0.1, 0.15) is 11.6 Å². The first kappa shape index (κ1) is 17.1. The van der Waals surface area contributed by atoms with Gasteiger partial charge in [-0.05, 0) is 39.7 Å². The number of nitrogens with one attached hydrogen (secondary N) is 1. The quantitative estimate of drug-likeness (QED) is 0.674. The van der Waals surface area contributed by atoms with Crippen LogP contribution in [0.25, 0.3) is 0 Å². The monoisotopic (exact) mass is 342 g/mol. The SMILES string of the molecule is Cc1cc(N2CCC(Nc3nccc(C)c3[N+](=O)[O-])CC2)nc(C)n1. The van der Waals surface area contributed by atoms with E-state index in [1.54, 1.807) is 19.2 Å². The van der Waals surface area contributed by atoms with E-state index < -0.39 is 0 Å². The summed E-state index contributed by atoms with van der Waals surface area (Å²) in [5.74, 6) is 2.08. The van der Waals surface area contributed by atoms with E-state index in [0.717, 1.165) is 43.3 Å². The van der Waals surface area contributed by atoms with Crippen LogP contribution in [0.2, 0.25) is 0 Å². The van der Waals surface area contributed by atoms with Crippen LogP contribution in [0.15, 0.2) is 18.3 Å². The Labute approximate surface area is 146 Å². The van der Waals surface area contributed by atoms with E-state index in [0.29, 0.717) is 11.4 Å². The molecule has 0 bridgehead atoms. The summed E-state index contributed by atoms with van der Waals surface area (Å²) in [5, 5.41) is 14.5. The van der Waals surface area contributed by atoms with E-state index in [9.17, 15) is 10.1 Å². The maximum Gasteiger partial charge on any atom is 0.314 e. The first-order chi connectivity index (χ1) is 11.9. The number of nitrogens with zero attached hydrogens (tertiary/aromatic N) is 5. The van der Waals surface area contributed by atoms with Crippen molar-refractivity contribution in [1.82, 2.24) is 15.0 Å². The van der Waals surface area contributed by atoms with Crippen LogP contribution >= 0.6 is 0 Å². The van der Waals surface area contributed by atoms with E-state index in [1.165, 1.54) is 0 Å².